The van der Waals surface area contributed by atoms with Crippen LogP contribution in [-0.2, 0) is 0 Å². The second-order valence-electron chi connectivity index (χ2n) is 7.50. The largest absolute Gasteiger partial charge is 0.507 e. The second kappa shape index (κ2) is 8.69. The molecular weight excluding hydrogens is 472 g/mol. The highest BCUT2D eigenvalue weighted by atomic mass is 16.4. The van der Waals surface area contributed by atoms with Gasteiger partial charge in [0.1, 0.15) is 39.7 Å². The summed E-state index contributed by atoms with van der Waals surface area (Å²) >= 11 is 0. The van der Waals surface area contributed by atoms with Crippen LogP contribution in [-0.4, -0.2) is 57.3 Å². The lowest BCUT2D eigenvalue weighted by Gasteiger charge is -2.15. The van der Waals surface area contributed by atoms with E-state index in [0.29, 0.717) is 34.2 Å². The van der Waals surface area contributed by atoms with Crippen molar-refractivity contribution in [1.29, 1.82) is 0 Å². The Balaban J connectivity index is 1.39. The first kappa shape index (κ1) is 22.3. The number of phenols is 2. The van der Waals surface area contributed by atoms with Crippen molar-refractivity contribution in [2.24, 2.45) is 0 Å². The molecule has 2 aromatic carbocycles. The zero-order valence-corrected chi connectivity index (χ0v) is 18.1. The molecule has 36 heavy (non-hydrogen) atoms. The molecular formula is C22H16N8O6. The van der Waals surface area contributed by atoms with E-state index in [-0.39, 0.29) is 16.9 Å². The normalized spacial score (nSPS) is 12.8. The third-order valence-corrected chi connectivity index (χ3v) is 5.20. The standard InChI is InChI=1S/C22H16N8O6/c31-19-5-11(1-3-13(19)21(33)34)29-9-17(25-27-29)15-7-23-8-16(24-15)18-10-30(28-26-18)12-2-4-14(22(35)36)20(32)6-12/h1-10,25,27,31-32H,(H,33,34)(H,35,36). The Labute approximate surface area is 201 Å². The number of aromatic carboxylic acids is 2. The Kier molecular flexibility index (Phi) is 5.39. The topological polar surface area (TPSA) is 199 Å². The summed E-state index contributed by atoms with van der Waals surface area (Å²) in [5, 5.41) is 47.6. The molecule has 0 saturated carbocycles. The minimum Gasteiger partial charge on any atom is -0.507 e. The third-order valence-electron chi connectivity index (χ3n) is 5.20. The van der Waals surface area contributed by atoms with Gasteiger partial charge in [-0.05, 0) is 24.3 Å². The quantitative estimate of drug-likeness (QED) is 0.227. The lowest BCUT2D eigenvalue weighted by Crippen LogP contribution is -2.36. The first-order valence-corrected chi connectivity index (χ1v) is 10.2. The van der Waals surface area contributed by atoms with E-state index in [2.05, 4.69) is 31.2 Å². The van der Waals surface area contributed by atoms with Crippen LogP contribution in [0.2, 0.25) is 0 Å². The molecule has 3 heterocycles. The number of hydrogen-bond acceptors (Lipinski definition) is 11. The Bertz CT molecular complexity index is 1550. The van der Waals surface area contributed by atoms with Gasteiger partial charge < -0.3 is 20.4 Å². The van der Waals surface area contributed by atoms with Gasteiger partial charge in [-0.1, -0.05) is 5.21 Å². The van der Waals surface area contributed by atoms with Gasteiger partial charge in [0, 0.05) is 12.1 Å². The second-order valence-corrected chi connectivity index (χ2v) is 7.50. The average molecular weight is 488 g/mol. The summed E-state index contributed by atoms with van der Waals surface area (Å²) in [6.45, 7) is 0. The van der Waals surface area contributed by atoms with Gasteiger partial charge in [0.15, 0.2) is 0 Å². The van der Waals surface area contributed by atoms with E-state index in [1.54, 1.807) is 12.4 Å². The Hall–Kier alpha value is -5.50. The average Bonchev–Trinajstić information content (AvgIpc) is 3.54. The number of carboxylic acid groups (broad SMARTS) is 2. The predicted octanol–water partition coefficient (Wildman–Crippen LogP) is 1.36. The molecule has 0 aliphatic carbocycles. The molecule has 0 atom stereocenters. The van der Waals surface area contributed by atoms with Crippen molar-refractivity contribution in [2.45, 2.75) is 0 Å². The van der Waals surface area contributed by atoms with Crippen molar-refractivity contribution >= 4 is 23.3 Å². The molecule has 4 aromatic rings. The van der Waals surface area contributed by atoms with Gasteiger partial charge in [-0.15, -0.1) is 10.6 Å². The zero-order valence-electron chi connectivity index (χ0n) is 18.1. The lowest BCUT2D eigenvalue weighted by atomic mass is 10.2. The first-order chi connectivity index (χ1) is 17.3. The summed E-state index contributed by atoms with van der Waals surface area (Å²) in [5.41, 5.74) is 7.99. The fourth-order valence-electron chi connectivity index (χ4n) is 3.40. The van der Waals surface area contributed by atoms with E-state index >= 15 is 0 Å². The number of aromatic hydroxyl groups is 2. The van der Waals surface area contributed by atoms with E-state index in [9.17, 15) is 19.8 Å². The fourth-order valence-corrected chi connectivity index (χ4v) is 3.40. The van der Waals surface area contributed by atoms with Crippen molar-refractivity contribution < 1.29 is 30.0 Å². The Morgan fingerprint density at radius 3 is 2.14 bits per heavy atom. The molecule has 0 bridgehead atoms. The molecule has 14 heteroatoms. The summed E-state index contributed by atoms with van der Waals surface area (Å²) in [6, 6.07) is 8.13. The monoisotopic (exact) mass is 488 g/mol. The minimum absolute atomic E-state index is 0.213. The lowest BCUT2D eigenvalue weighted by molar-refractivity contribution is 0.0682. The van der Waals surface area contributed by atoms with E-state index in [1.165, 1.54) is 58.5 Å². The highest BCUT2D eigenvalue weighted by Crippen LogP contribution is 2.27. The van der Waals surface area contributed by atoms with Crippen LogP contribution in [0.5, 0.6) is 11.5 Å². The van der Waals surface area contributed by atoms with Crippen LogP contribution in [0, 0.1) is 0 Å². The summed E-state index contributed by atoms with van der Waals surface area (Å²) < 4.78 is 1.36. The molecule has 0 saturated heterocycles. The SMILES string of the molecule is O=C(O)c1ccc(N2C=C(c3cncc(-c4cn(-c5ccc(C(=O)O)c(O)c5)nn4)n3)NN2)cc1O. The summed E-state index contributed by atoms with van der Waals surface area (Å²) in [4.78, 5) is 30.9. The molecule has 2 aromatic heterocycles. The number of carboxylic acids is 2. The number of anilines is 1. The molecule has 6 N–H and O–H groups in total. The number of hydrazine groups is 2. The van der Waals surface area contributed by atoms with Crippen LogP contribution < -0.4 is 16.0 Å². The van der Waals surface area contributed by atoms with Crippen LogP contribution in [0.25, 0.3) is 22.8 Å². The summed E-state index contributed by atoms with van der Waals surface area (Å²) in [5.74, 6) is -3.26. The van der Waals surface area contributed by atoms with E-state index in [4.69, 9.17) is 10.2 Å². The van der Waals surface area contributed by atoms with E-state index in [1.807, 2.05) is 0 Å². The van der Waals surface area contributed by atoms with Crippen molar-refractivity contribution in [3.05, 3.63) is 78.0 Å². The van der Waals surface area contributed by atoms with Gasteiger partial charge in [-0.2, -0.15) is 0 Å². The first-order valence-electron chi connectivity index (χ1n) is 10.2. The molecule has 0 unspecified atom stereocenters. The Morgan fingerprint density at radius 1 is 0.833 bits per heavy atom. The van der Waals surface area contributed by atoms with Crippen LogP contribution in [0.1, 0.15) is 26.4 Å². The Morgan fingerprint density at radius 2 is 1.47 bits per heavy atom. The fraction of sp³-hybridized carbons (Fsp3) is 0. The number of rotatable bonds is 6. The highest BCUT2D eigenvalue weighted by Gasteiger charge is 2.19. The zero-order chi connectivity index (χ0) is 25.4. The molecule has 0 radical (unpaired) electrons. The van der Waals surface area contributed by atoms with Crippen molar-refractivity contribution in [2.75, 3.05) is 5.01 Å². The van der Waals surface area contributed by atoms with Crippen LogP contribution in [0.4, 0.5) is 5.69 Å². The van der Waals surface area contributed by atoms with E-state index in [0.717, 1.165) is 0 Å². The van der Waals surface area contributed by atoms with Gasteiger partial charge in [-0.3, -0.25) is 15.4 Å². The predicted molar refractivity (Wildman–Crippen MR) is 123 cm³/mol. The molecule has 0 fully saturated rings. The molecule has 0 amide bonds. The third kappa shape index (κ3) is 4.10. The molecule has 1 aliphatic rings. The van der Waals surface area contributed by atoms with Gasteiger partial charge in [0.25, 0.3) is 0 Å². The number of carbonyl (C=O) groups is 2. The highest BCUT2D eigenvalue weighted by molar-refractivity contribution is 5.92. The maximum Gasteiger partial charge on any atom is 0.339 e. The van der Waals surface area contributed by atoms with Crippen LogP contribution >= 0.6 is 0 Å². The van der Waals surface area contributed by atoms with Gasteiger partial charge in [0.2, 0.25) is 0 Å². The van der Waals surface area contributed by atoms with Gasteiger partial charge >= 0.3 is 11.9 Å². The number of nitrogens with zero attached hydrogens (tertiary/aromatic N) is 6. The summed E-state index contributed by atoms with van der Waals surface area (Å²) in [6.07, 6.45) is 6.21. The molecule has 5 rings (SSSR count). The number of aromatic nitrogens is 5. The maximum absolute atomic E-state index is 11.1. The van der Waals surface area contributed by atoms with Crippen molar-refractivity contribution in [1.82, 2.24) is 35.9 Å². The smallest absolute Gasteiger partial charge is 0.339 e. The van der Waals surface area contributed by atoms with E-state index < -0.39 is 17.7 Å². The van der Waals surface area contributed by atoms with Gasteiger partial charge in [-0.25, -0.2) is 19.3 Å². The maximum atomic E-state index is 11.1. The summed E-state index contributed by atoms with van der Waals surface area (Å²) in [7, 11) is 0. The molecule has 1 aliphatic heterocycles. The van der Waals surface area contributed by atoms with Gasteiger partial charge in [0.05, 0.1) is 41.9 Å². The minimum atomic E-state index is -1.25. The molecule has 180 valence electrons. The van der Waals surface area contributed by atoms with Crippen LogP contribution in [0.15, 0.2) is 61.2 Å². The molecule has 14 nitrogen and oxygen atoms in total. The van der Waals surface area contributed by atoms with Crippen molar-refractivity contribution in [3.8, 4) is 28.6 Å². The van der Waals surface area contributed by atoms with Crippen LogP contribution in [0.3, 0.4) is 0 Å². The number of nitrogens with one attached hydrogen (secondary N) is 2. The number of benzene rings is 2. The number of hydrogen-bond donors (Lipinski definition) is 6. The van der Waals surface area contributed by atoms with Crippen molar-refractivity contribution in [3.63, 3.8) is 0 Å². The molecule has 0 spiro atoms.